The van der Waals surface area contributed by atoms with Crippen molar-refractivity contribution < 1.29 is 14.7 Å². The second-order valence-corrected chi connectivity index (χ2v) is 4.80. The minimum Gasteiger partial charge on any atom is -0.465 e. The zero-order valence-corrected chi connectivity index (χ0v) is 11.0. The van der Waals surface area contributed by atoms with Crippen LogP contribution in [0.5, 0.6) is 0 Å². The third kappa shape index (κ3) is 3.54. The molecule has 1 aliphatic rings. The molecule has 0 unspecified atom stereocenters. The number of hydrogen-bond donors (Lipinski definition) is 1. The number of rotatable bonds is 3. The van der Waals surface area contributed by atoms with Crippen LogP contribution in [0.2, 0.25) is 0 Å². The van der Waals surface area contributed by atoms with E-state index in [9.17, 15) is 9.59 Å². The van der Waals surface area contributed by atoms with Crippen molar-refractivity contribution >= 4 is 11.9 Å². The lowest BCUT2D eigenvalue weighted by Gasteiger charge is -2.33. The second-order valence-electron chi connectivity index (χ2n) is 4.80. The molecule has 0 radical (unpaired) electrons. The molecule has 0 bridgehead atoms. The maximum Gasteiger partial charge on any atom is 0.407 e. The highest BCUT2D eigenvalue weighted by Crippen LogP contribution is 2.11. The normalized spacial score (nSPS) is 16.4. The van der Waals surface area contributed by atoms with Crippen LogP contribution >= 0.6 is 0 Å². The van der Waals surface area contributed by atoms with E-state index < -0.39 is 6.09 Å². The van der Waals surface area contributed by atoms with Gasteiger partial charge in [0, 0.05) is 38.3 Å². The van der Waals surface area contributed by atoms with Crippen LogP contribution in [0.4, 0.5) is 4.79 Å². The van der Waals surface area contributed by atoms with Gasteiger partial charge in [0.05, 0.1) is 0 Å². The number of nitrogens with zero attached hydrogens (tertiary/aromatic N) is 2. The van der Waals surface area contributed by atoms with E-state index in [0.717, 1.165) is 30.8 Å². The molecule has 19 heavy (non-hydrogen) atoms. The largest absolute Gasteiger partial charge is 0.465 e. The summed E-state index contributed by atoms with van der Waals surface area (Å²) in [5, 5.41) is 8.88. The topological polar surface area (TPSA) is 60.9 Å². The summed E-state index contributed by atoms with van der Waals surface area (Å²) in [5.41, 5.74) is 1.82. The predicted octanol–water partition coefficient (Wildman–Crippen LogP) is 1.68. The molecule has 1 N–H and O–H groups in total. The van der Waals surface area contributed by atoms with Crippen molar-refractivity contribution in [3.63, 3.8) is 0 Å². The van der Waals surface area contributed by atoms with Gasteiger partial charge in [-0.3, -0.25) is 9.69 Å². The first kappa shape index (κ1) is 13.5. The van der Waals surface area contributed by atoms with Crippen LogP contribution in [0.25, 0.3) is 0 Å². The van der Waals surface area contributed by atoms with Crippen LogP contribution in [0.3, 0.4) is 0 Å². The fraction of sp³-hybridized carbons (Fsp3) is 0.429. The zero-order chi connectivity index (χ0) is 13.8. The number of piperazine rings is 1. The average molecular weight is 262 g/mol. The van der Waals surface area contributed by atoms with Crippen molar-refractivity contribution in [1.82, 2.24) is 9.80 Å². The summed E-state index contributed by atoms with van der Waals surface area (Å²) in [7, 11) is 0. The highest BCUT2D eigenvalue weighted by molar-refractivity contribution is 5.94. The SMILES string of the molecule is CC(=O)c1cccc(CN2CCN(C(=O)O)CC2)c1. The van der Waals surface area contributed by atoms with Crippen molar-refractivity contribution in [3.05, 3.63) is 35.4 Å². The molecule has 5 heteroatoms. The van der Waals surface area contributed by atoms with Gasteiger partial charge in [0.15, 0.2) is 5.78 Å². The van der Waals surface area contributed by atoms with Gasteiger partial charge < -0.3 is 10.0 Å². The number of hydrogen-bond acceptors (Lipinski definition) is 3. The number of ketones is 1. The Morgan fingerprint density at radius 3 is 2.47 bits per heavy atom. The lowest BCUT2D eigenvalue weighted by atomic mass is 10.1. The lowest BCUT2D eigenvalue weighted by Crippen LogP contribution is -2.47. The summed E-state index contributed by atoms with van der Waals surface area (Å²) in [5.74, 6) is 0.0672. The van der Waals surface area contributed by atoms with E-state index in [-0.39, 0.29) is 5.78 Å². The Labute approximate surface area is 112 Å². The molecule has 0 saturated carbocycles. The van der Waals surface area contributed by atoms with Crippen molar-refractivity contribution in [1.29, 1.82) is 0 Å². The van der Waals surface area contributed by atoms with Gasteiger partial charge in [-0.1, -0.05) is 18.2 Å². The van der Waals surface area contributed by atoms with Crippen LogP contribution in [0.1, 0.15) is 22.8 Å². The van der Waals surface area contributed by atoms with Crippen LogP contribution in [-0.4, -0.2) is 53.0 Å². The molecule has 0 spiro atoms. The number of carboxylic acid groups (broad SMARTS) is 1. The molecule has 1 heterocycles. The van der Waals surface area contributed by atoms with Gasteiger partial charge in [-0.15, -0.1) is 0 Å². The molecule has 2 rings (SSSR count). The van der Waals surface area contributed by atoms with E-state index in [4.69, 9.17) is 5.11 Å². The molecule has 1 saturated heterocycles. The standard InChI is InChI=1S/C14H18N2O3/c1-11(17)13-4-2-3-12(9-13)10-15-5-7-16(8-6-15)14(18)19/h2-4,9H,5-8,10H2,1H3,(H,18,19). The third-order valence-corrected chi connectivity index (χ3v) is 3.38. The molecule has 1 fully saturated rings. The second kappa shape index (κ2) is 5.84. The van der Waals surface area contributed by atoms with Crippen LogP contribution in [0.15, 0.2) is 24.3 Å². The average Bonchev–Trinajstić information content (AvgIpc) is 2.39. The van der Waals surface area contributed by atoms with E-state index >= 15 is 0 Å². The van der Waals surface area contributed by atoms with Crippen LogP contribution in [-0.2, 0) is 6.54 Å². The molecular formula is C14H18N2O3. The Morgan fingerprint density at radius 2 is 1.89 bits per heavy atom. The summed E-state index contributed by atoms with van der Waals surface area (Å²) in [4.78, 5) is 25.8. The quantitative estimate of drug-likeness (QED) is 0.842. The number of benzene rings is 1. The summed E-state index contributed by atoms with van der Waals surface area (Å²) in [6.45, 7) is 4.87. The van der Waals surface area contributed by atoms with Crippen molar-refractivity contribution in [2.45, 2.75) is 13.5 Å². The fourth-order valence-corrected chi connectivity index (χ4v) is 2.24. The van der Waals surface area contributed by atoms with Gasteiger partial charge >= 0.3 is 6.09 Å². The van der Waals surface area contributed by atoms with Crippen LogP contribution < -0.4 is 0 Å². The summed E-state index contributed by atoms with van der Waals surface area (Å²) < 4.78 is 0. The summed E-state index contributed by atoms with van der Waals surface area (Å²) in [6.07, 6.45) is -0.849. The minimum absolute atomic E-state index is 0.0672. The number of carbonyl (C=O) groups is 2. The first-order valence-corrected chi connectivity index (χ1v) is 6.36. The van der Waals surface area contributed by atoms with Crippen molar-refractivity contribution in [2.75, 3.05) is 26.2 Å². The Kier molecular flexibility index (Phi) is 4.16. The van der Waals surface area contributed by atoms with Gasteiger partial charge in [-0.05, 0) is 18.6 Å². The van der Waals surface area contributed by atoms with E-state index in [1.807, 2.05) is 24.3 Å². The first-order chi connectivity index (χ1) is 9.06. The van der Waals surface area contributed by atoms with Gasteiger partial charge in [0.2, 0.25) is 0 Å². The molecule has 1 aromatic carbocycles. The number of carbonyl (C=O) groups excluding carboxylic acids is 1. The van der Waals surface area contributed by atoms with Crippen molar-refractivity contribution in [3.8, 4) is 0 Å². The summed E-state index contributed by atoms with van der Waals surface area (Å²) >= 11 is 0. The Bertz CT molecular complexity index is 479. The molecule has 1 aliphatic heterocycles. The first-order valence-electron chi connectivity index (χ1n) is 6.36. The molecule has 1 amide bonds. The van der Waals surface area contributed by atoms with Gasteiger partial charge in [-0.25, -0.2) is 4.79 Å². The number of amides is 1. The van der Waals surface area contributed by atoms with E-state index in [0.29, 0.717) is 13.1 Å². The summed E-state index contributed by atoms with van der Waals surface area (Å²) in [6, 6.07) is 7.61. The molecule has 0 aliphatic carbocycles. The van der Waals surface area contributed by atoms with Crippen molar-refractivity contribution in [2.24, 2.45) is 0 Å². The fourth-order valence-electron chi connectivity index (χ4n) is 2.24. The van der Waals surface area contributed by atoms with E-state index in [1.165, 1.54) is 4.90 Å². The lowest BCUT2D eigenvalue weighted by molar-refractivity contribution is 0.100. The maximum absolute atomic E-state index is 11.3. The molecule has 102 valence electrons. The van der Waals surface area contributed by atoms with E-state index in [2.05, 4.69) is 4.90 Å². The Balaban J connectivity index is 1.94. The highest BCUT2D eigenvalue weighted by atomic mass is 16.4. The van der Waals surface area contributed by atoms with E-state index in [1.54, 1.807) is 6.92 Å². The monoisotopic (exact) mass is 262 g/mol. The molecular weight excluding hydrogens is 244 g/mol. The Hall–Kier alpha value is -1.88. The van der Waals surface area contributed by atoms with Gasteiger partial charge in [0.25, 0.3) is 0 Å². The minimum atomic E-state index is -0.849. The molecule has 0 atom stereocenters. The smallest absolute Gasteiger partial charge is 0.407 e. The Morgan fingerprint density at radius 1 is 1.21 bits per heavy atom. The predicted molar refractivity (Wildman–Crippen MR) is 71.3 cm³/mol. The molecule has 0 aromatic heterocycles. The highest BCUT2D eigenvalue weighted by Gasteiger charge is 2.20. The molecule has 5 nitrogen and oxygen atoms in total. The van der Waals surface area contributed by atoms with Gasteiger partial charge in [0.1, 0.15) is 0 Å². The maximum atomic E-state index is 11.3. The third-order valence-electron chi connectivity index (χ3n) is 3.38. The van der Waals surface area contributed by atoms with Gasteiger partial charge in [-0.2, -0.15) is 0 Å². The zero-order valence-electron chi connectivity index (χ0n) is 11.0. The number of Topliss-reactive ketones (excluding diaryl/α,β-unsaturated/α-hetero) is 1. The molecule has 1 aromatic rings. The van der Waals surface area contributed by atoms with Crippen LogP contribution in [0, 0.1) is 0 Å².